The van der Waals surface area contributed by atoms with Gasteiger partial charge >= 0.3 is 0 Å². The number of nitrogens with zero attached hydrogens (tertiary/aromatic N) is 2. The number of para-hydroxylation sites is 1. The third-order valence-corrected chi connectivity index (χ3v) is 6.77. The van der Waals surface area contributed by atoms with Crippen LogP contribution in [0.1, 0.15) is 19.3 Å². The second-order valence-corrected chi connectivity index (χ2v) is 8.58. The van der Waals surface area contributed by atoms with Crippen molar-refractivity contribution in [3.63, 3.8) is 0 Å². The van der Waals surface area contributed by atoms with Gasteiger partial charge in [-0.3, -0.25) is 4.90 Å². The third-order valence-electron chi connectivity index (χ3n) is 6.77. The molecule has 3 aliphatic heterocycles. The number of hydrogen-bond acceptors (Lipinski definition) is 4. The van der Waals surface area contributed by atoms with Crippen LogP contribution in [0.25, 0.3) is 16.6 Å². The van der Waals surface area contributed by atoms with E-state index in [0.29, 0.717) is 30.2 Å². The van der Waals surface area contributed by atoms with Crippen molar-refractivity contribution in [2.45, 2.75) is 37.5 Å². The molecule has 0 aliphatic carbocycles. The van der Waals surface area contributed by atoms with Crippen LogP contribution in [0.2, 0.25) is 0 Å². The van der Waals surface area contributed by atoms with Crippen molar-refractivity contribution in [3.8, 4) is 17.2 Å². The van der Waals surface area contributed by atoms with Crippen molar-refractivity contribution < 1.29 is 18.6 Å². The minimum absolute atomic E-state index is 0.0303. The van der Waals surface area contributed by atoms with E-state index in [1.807, 2.05) is 30.3 Å². The molecule has 0 spiro atoms. The highest BCUT2D eigenvalue weighted by atomic mass is 19.1. The number of benzene rings is 2. The van der Waals surface area contributed by atoms with Gasteiger partial charge in [0.25, 0.3) is 0 Å². The van der Waals surface area contributed by atoms with Crippen LogP contribution < -0.4 is 14.2 Å². The third kappa shape index (κ3) is 3.17. The van der Waals surface area contributed by atoms with Crippen molar-refractivity contribution in [2.24, 2.45) is 0 Å². The van der Waals surface area contributed by atoms with E-state index < -0.39 is 0 Å². The zero-order valence-electron chi connectivity index (χ0n) is 17.5. The van der Waals surface area contributed by atoms with Crippen molar-refractivity contribution >= 4 is 16.6 Å². The number of fused-ring (bicyclic) bond motifs is 4. The Morgan fingerprint density at radius 1 is 1.16 bits per heavy atom. The minimum Gasteiger partial charge on any atom is -0.493 e. The molecule has 1 aromatic heterocycles. The number of aromatic nitrogens is 1. The first-order valence-electron chi connectivity index (χ1n) is 10.9. The van der Waals surface area contributed by atoms with Gasteiger partial charge in [-0.2, -0.15) is 0 Å². The molecular weight excluding hydrogens is 395 g/mol. The standard InChI is InChI=1S/C25H25FN2O3/c1-29-23-3-2-4-24-25(23)31-21(15-30-24)14-28-18-6-7-19(28)13-20(12-18)27-10-9-16-11-17(26)5-8-22(16)27/h2-5,8-12,18-19,21H,6-7,13-15H2,1H3/t18?,19?,21-/m0/s1. The molecule has 3 aliphatic rings. The van der Waals surface area contributed by atoms with E-state index in [1.54, 1.807) is 13.2 Å². The molecule has 0 saturated carbocycles. The predicted molar refractivity (Wildman–Crippen MR) is 117 cm³/mol. The Bertz CT molecular complexity index is 1160. The van der Waals surface area contributed by atoms with E-state index in [0.717, 1.165) is 36.0 Å². The summed E-state index contributed by atoms with van der Waals surface area (Å²) in [6.07, 6.45) is 7.71. The fraction of sp³-hybridized carbons (Fsp3) is 0.360. The van der Waals surface area contributed by atoms with Crippen LogP contribution in [-0.4, -0.2) is 47.9 Å². The highest BCUT2D eigenvalue weighted by Crippen LogP contribution is 2.42. The summed E-state index contributed by atoms with van der Waals surface area (Å²) in [5.74, 6) is 1.96. The van der Waals surface area contributed by atoms with Crippen molar-refractivity contribution in [2.75, 3.05) is 20.3 Å². The Kier molecular flexibility index (Phi) is 4.42. The average Bonchev–Trinajstić information content (AvgIpc) is 3.29. The number of hydrogen-bond donors (Lipinski definition) is 0. The largest absolute Gasteiger partial charge is 0.493 e. The normalized spacial score (nSPS) is 25.0. The fourth-order valence-electron chi connectivity index (χ4n) is 5.32. The van der Waals surface area contributed by atoms with Gasteiger partial charge in [0.05, 0.1) is 12.6 Å². The van der Waals surface area contributed by atoms with E-state index in [1.165, 1.54) is 18.2 Å². The maximum Gasteiger partial charge on any atom is 0.204 e. The fourth-order valence-corrected chi connectivity index (χ4v) is 5.32. The first-order chi connectivity index (χ1) is 15.2. The van der Waals surface area contributed by atoms with Crippen LogP contribution in [0.15, 0.2) is 54.7 Å². The maximum absolute atomic E-state index is 13.6. The molecule has 4 heterocycles. The molecule has 2 aromatic carbocycles. The summed E-state index contributed by atoms with van der Waals surface area (Å²) >= 11 is 0. The molecule has 2 bridgehead atoms. The summed E-state index contributed by atoms with van der Waals surface area (Å²) in [4.78, 5) is 2.56. The molecule has 3 atom stereocenters. The number of ether oxygens (including phenoxy) is 3. The lowest BCUT2D eigenvalue weighted by Crippen LogP contribution is -2.47. The molecule has 1 saturated heterocycles. The molecule has 2 unspecified atom stereocenters. The Morgan fingerprint density at radius 3 is 2.97 bits per heavy atom. The number of methoxy groups -OCH3 is 1. The van der Waals surface area contributed by atoms with Crippen LogP contribution in [0.4, 0.5) is 4.39 Å². The molecule has 1 fully saturated rings. The van der Waals surface area contributed by atoms with Crippen LogP contribution in [0.3, 0.4) is 0 Å². The Morgan fingerprint density at radius 2 is 2.10 bits per heavy atom. The van der Waals surface area contributed by atoms with Crippen LogP contribution in [-0.2, 0) is 0 Å². The van der Waals surface area contributed by atoms with Crippen molar-refractivity contribution in [1.82, 2.24) is 9.47 Å². The summed E-state index contributed by atoms with van der Waals surface area (Å²) < 4.78 is 33.5. The van der Waals surface area contributed by atoms with E-state index >= 15 is 0 Å². The Hall–Kier alpha value is -2.99. The molecule has 0 amide bonds. The monoisotopic (exact) mass is 420 g/mol. The lowest BCUT2D eigenvalue weighted by atomic mass is 10.1. The summed E-state index contributed by atoms with van der Waals surface area (Å²) in [7, 11) is 1.65. The zero-order chi connectivity index (χ0) is 20.9. The molecule has 6 heteroatoms. The Balaban J connectivity index is 1.22. The quantitative estimate of drug-likeness (QED) is 0.613. The van der Waals surface area contributed by atoms with Crippen molar-refractivity contribution in [3.05, 3.63) is 60.6 Å². The SMILES string of the molecule is COc1cccc2c1O[C@@H](CN1C3C=C(n4ccc5cc(F)ccc54)CC1CC3)CO2. The van der Waals surface area contributed by atoms with Gasteiger partial charge in [-0.05, 0) is 55.3 Å². The molecule has 31 heavy (non-hydrogen) atoms. The number of rotatable bonds is 4. The smallest absolute Gasteiger partial charge is 0.204 e. The molecular formula is C25H25FN2O3. The van der Waals surface area contributed by atoms with Crippen LogP contribution >= 0.6 is 0 Å². The lowest BCUT2D eigenvalue weighted by Gasteiger charge is -2.38. The Labute approximate surface area is 180 Å². The average molecular weight is 420 g/mol. The molecule has 0 N–H and O–H groups in total. The lowest BCUT2D eigenvalue weighted by molar-refractivity contribution is 0.0445. The second kappa shape index (κ2) is 7.31. The molecule has 6 rings (SSSR count). The van der Waals surface area contributed by atoms with E-state index in [-0.39, 0.29) is 11.9 Å². The minimum atomic E-state index is -0.193. The first kappa shape index (κ1) is 18.8. The molecule has 160 valence electrons. The van der Waals surface area contributed by atoms with Gasteiger partial charge in [-0.15, -0.1) is 0 Å². The van der Waals surface area contributed by atoms with Gasteiger partial charge in [0.1, 0.15) is 18.5 Å². The van der Waals surface area contributed by atoms with Gasteiger partial charge < -0.3 is 18.8 Å². The molecule has 3 aromatic rings. The van der Waals surface area contributed by atoms with Crippen molar-refractivity contribution in [1.29, 1.82) is 0 Å². The second-order valence-electron chi connectivity index (χ2n) is 8.58. The van der Waals surface area contributed by atoms with Gasteiger partial charge in [0.15, 0.2) is 11.5 Å². The van der Waals surface area contributed by atoms with E-state index in [4.69, 9.17) is 14.2 Å². The zero-order valence-corrected chi connectivity index (χ0v) is 17.5. The molecule has 0 radical (unpaired) electrons. The summed E-state index contributed by atoms with van der Waals surface area (Å²) in [5, 5.41) is 0.941. The van der Waals surface area contributed by atoms with Gasteiger partial charge in [-0.25, -0.2) is 4.39 Å². The summed E-state index contributed by atoms with van der Waals surface area (Å²) in [6, 6.07) is 13.6. The molecule has 5 nitrogen and oxygen atoms in total. The predicted octanol–water partition coefficient (Wildman–Crippen LogP) is 4.71. The van der Waals surface area contributed by atoms with Gasteiger partial charge in [0.2, 0.25) is 5.75 Å². The van der Waals surface area contributed by atoms with Crippen LogP contribution in [0, 0.1) is 5.82 Å². The van der Waals surface area contributed by atoms with Gasteiger partial charge in [-0.1, -0.05) is 6.07 Å². The summed E-state index contributed by atoms with van der Waals surface area (Å²) in [6.45, 7) is 1.37. The van der Waals surface area contributed by atoms with Crippen LogP contribution in [0.5, 0.6) is 17.2 Å². The maximum atomic E-state index is 13.6. The highest BCUT2D eigenvalue weighted by Gasteiger charge is 2.39. The van der Waals surface area contributed by atoms with E-state index in [9.17, 15) is 4.39 Å². The summed E-state index contributed by atoms with van der Waals surface area (Å²) in [5.41, 5.74) is 2.37. The highest BCUT2D eigenvalue weighted by molar-refractivity contribution is 5.83. The first-order valence-corrected chi connectivity index (χ1v) is 10.9. The number of halogens is 1. The van der Waals surface area contributed by atoms with Gasteiger partial charge in [0, 0.05) is 42.3 Å². The van der Waals surface area contributed by atoms with E-state index in [2.05, 4.69) is 21.7 Å². The topological polar surface area (TPSA) is 35.9 Å².